The number of esters is 1. The van der Waals surface area contributed by atoms with E-state index in [4.69, 9.17) is 14.2 Å². The van der Waals surface area contributed by atoms with Gasteiger partial charge in [0.15, 0.2) is 11.0 Å². The van der Waals surface area contributed by atoms with Crippen molar-refractivity contribution >= 4 is 5.97 Å². The van der Waals surface area contributed by atoms with E-state index < -0.39 is 35.2 Å². The molecule has 0 saturated heterocycles. The molecule has 1 aliphatic carbocycles. The summed E-state index contributed by atoms with van der Waals surface area (Å²) in [6.45, 7) is 1.24. The van der Waals surface area contributed by atoms with Crippen LogP contribution in [0.5, 0.6) is 11.6 Å². The van der Waals surface area contributed by atoms with Gasteiger partial charge in [0.05, 0.1) is 18.9 Å². The molecule has 158 valence electrons. The molecular weight excluding hydrogens is 401 g/mol. The number of aromatic nitrogens is 1. The summed E-state index contributed by atoms with van der Waals surface area (Å²) < 4.78 is 54.2. The van der Waals surface area contributed by atoms with Gasteiger partial charge in [-0.05, 0) is 18.2 Å². The SMILES string of the molecule is COC(=O)C1(c2cccc(Oc3ccccc3)n2)C(C)(C)C1(C#N)OCC(F)(F)F. The predicted molar refractivity (Wildman–Crippen MR) is 98.6 cm³/mol. The van der Waals surface area contributed by atoms with Crippen LogP contribution in [0.15, 0.2) is 48.5 Å². The highest BCUT2D eigenvalue weighted by Crippen LogP contribution is 2.74. The summed E-state index contributed by atoms with van der Waals surface area (Å²) >= 11 is 0. The highest BCUT2D eigenvalue weighted by Gasteiger charge is 2.91. The Balaban J connectivity index is 2.08. The number of hydrogen-bond donors (Lipinski definition) is 0. The first-order valence-electron chi connectivity index (χ1n) is 8.96. The summed E-state index contributed by atoms with van der Waals surface area (Å²) in [4.78, 5) is 17.2. The number of hydrogen-bond acceptors (Lipinski definition) is 6. The third-order valence-electron chi connectivity index (χ3n) is 5.46. The lowest BCUT2D eigenvalue weighted by Crippen LogP contribution is -2.37. The van der Waals surface area contributed by atoms with Crippen molar-refractivity contribution in [1.82, 2.24) is 4.98 Å². The molecule has 0 N–H and O–H groups in total. The van der Waals surface area contributed by atoms with E-state index in [-0.39, 0.29) is 11.6 Å². The zero-order valence-electron chi connectivity index (χ0n) is 16.5. The number of carbonyl (C=O) groups is 1. The fraction of sp³-hybridized carbons (Fsp3) is 0.381. The highest BCUT2D eigenvalue weighted by molar-refractivity contribution is 5.93. The second-order valence-corrected chi connectivity index (χ2v) is 7.34. The molecule has 1 aliphatic rings. The molecule has 1 saturated carbocycles. The van der Waals surface area contributed by atoms with Crippen LogP contribution in [-0.2, 0) is 19.7 Å². The first kappa shape index (κ1) is 21.6. The van der Waals surface area contributed by atoms with Gasteiger partial charge in [-0.3, -0.25) is 4.79 Å². The lowest BCUT2D eigenvalue weighted by atomic mass is 9.91. The Bertz CT molecular complexity index is 988. The number of ether oxygens (including phenoxy) is 3. The number of halogens is 3. The zero-order valence-corrected chi connectivity index (χ0v) is 16.5. The predicted octanol–water partition coefficient (Wildman–Crippen LogP) is 4.17. The van der Waals surface area contributed by atoms with Gasteiger partial charge in [-0.15, -0.1) is 0 Å². The fourth-order valence-corrected chi connectivity index (χ4v) is 4.02. The van der Waals surface area contributed by atoms with E-state index in [1.54, 1.807) is 36.4 Å². The lowest BCUT2D eigenvalue weighted by Gasteiger charge is -2.20. The highest BCUT2D eigenvalue weighted by atomic mass is 19.4. The quantitative estimate of drug-likeness (QED) is 0.653. The van der Waals surface area contributed by atoms with Gasteiger partial charge in [-0.2, -0.15) is 18.4 Å². The monoisotopic (exact) mass is 420 g/mol. The van der Waals surface area contributed by atoms with E-state index in [9.17, 15) is 23.2 Å². The van der Waals surface area contributed by atoms with E-state index in [0.29, 0.717) is 5.75 Å². The molecule has 0 amide bonds. The summed E-state index contributed by atoms with van der Waals surface area (Å²) in [7, 11) is 1.09. The lowest BCUT2D eigenvalue weighted by molar-refractivity contribution is -0.189. The maximum Gasteiger partial charge on any atom is 0.411 e. The van der Waals surface area contributed by atoms with E-state index in [0.717, 1.165) is 7.11 Å². The number of carbonyl (C=O) groups excluding carboxylic acids is 1. The summed E-state index contributed by atoms with van der Waals surface area (Å²) in [6.07, 6.45) is -4.68. The number of rotatable bonds is 6. The van der Waals surface area contributed by atoms with Crippen molar-refractivity contribution in [2.24, 2.45) is 5.41 Å². The third kappa shape index (κ3) is 3.08. The Labute approximate surface area is 171 Å². The molecule has 0 bridgehead atoms. The van der Waals surface area contributed by atoms with Crippen molar-refractivity contribution in [3.05, 3.63) is 54.2 Å². The molecular formula is C21H19F3N2O4. The summed E-state index contributed by atoms with van der Waals surface area (Å²) in [6, 6.07) is 15.0. The Hall–Kier alpha value is -3.12. The normalized spacial score (nSPS) is 24.6. The molecule has 1 heterocycles. The van der Waals surface area contributed by atoms with E-state index in [2.05, 4.69) is 4.98 Å². The number of alkyl halides is 3. The molecule has 6 nitrogen and oxygen atoms in total. The third-order valence-corrected chi connectivity index (χ3v) is 5.46. The van der Waals surface area contributed by atoms with Crippen LogP contribution in [0.25, 0.3) is 0 Å². The largest absolute Gasteiger partial charge is 0.468 e. The maximum absolute atomic E-state index is 12.9. The van der Waals surface area contributed by atoms with Gasteiger partial charge >= 0.3 is 12.1 Å². The van der Waals surface area contributed by atoms with Gasteiger partial charge in [-0.1, -0.05) is 38.1 Å². The van der Waals surface area contributed by atoms with Crippen molar-refractivity contribution in [2.75, 3.05) is 13.7 Å². The smallest absolute Gasteiger partial charge is 0.411 e. The summed E-state index contributed by atoms with van der Waals surface area (Å²) in [5.41, 5.74) is -5.33. The summed E-state index contributed by atoms with van der Waals surface area (Å²) in [5, 5.41) is 9.83. The molecule has 0 radical (unpaired) electrons. The molecule has 2 aromatic rings. The van der Waals surface area contributed by atoms with Crippen LogP contribution in [-0.4, -0.2) is 36.4 Å². The Morgan fingerprint density at radius 1 is 1.13 bits per heavy atom. The minimum Gasteiger partial charge on any atom is -0.468 e. The number of methoxy groups -OCH3 is 1. The van der Waals surface area contributed by atoms with Crippen LogP contribution in [0, 0.1) is 16.7 Å². The van der Waals surface area contributed by atoms with Gasteiger partial charge in [0, 0.05) is 11.5 Å². The van der Waals surface area contributed by atoms with Crippen molar-refractivity contribution in [2.45, 2.75) is 31.0 Å². The van der Waals surface area contributed by atoms with Crippen LogP contribution in [0.4, 0.5) is 13.2 Å². The van der Waals surface area contributed by atoms with Crippen LogP contribution >= 0.6 is 0 Å². The first-order chi connectivity index (χ1) is 14.1. The maximum atomic E-state index is 12.9. The molecule has 0 aliphatic heterocycles. The van der Waals surface area contributed by atoms with Gasteiger partial charge in [0.1, 0.15) is 12.4 Å². The minimum absolute atomic E-state index is 0.0245. The van der Waals surface area contributed by atoms with E-state index in [1.165, 1.54) is 32.0 Å². The van der Waals surface area contributed by atoms with E-state index >= 15 is 0 Å². The Morgan fingerprint density at radius 2 is 1.80 bits per heavy atom. The van der Waals surface area contributed by atoms with Crippen molar-refractivity contribution in [1.29, 1.82) is 5.26 Å². The number of pyridine rings is 1. The molecule has 3 rings (SSSR count). The van der Waals surface area contributed by atoms with Crippen LogP contribution in [0.2, 0.25) is 0 Å². The second-order valence-electron chi connectivity index (χ2n) is 7.34. The van der Waals surface area contributed by atoms with Crippen LogP contribution < -0.4 is 4.74 Å². The molecule has 1 aromatic carbocycles. The molecule has 2 atom stereocenters. The van der Waals surface area contributed by atoms with E-state index in [1.807, 2.05) is 0 Å². The van der Waals surface area contributed by atoms with Crippen molar-refractivity contribution < 1.29 is 32.2 Å². The van der Waals surface area contributed by atoms with Crippen molar-refractivity contribution in [3.63, 3.8) is 0 Å². The standard InChI is InChI=1S/C21H19F3N2O4/c1-18(2)19(12-25,29-13-20(22,23)24)21(18,17(27)28-3)15-10-7-11-16(26-15)30-14-8-5-4-6-9-14/h4-11H,13H2,1-3H3. The van der Waals surface area contributed by atoms with Crippen LogP contribution in [0.3, 0.4) is 0 Å². The van der Waals surface area contributed by atoms with Gasteiger partial charge in [0.25, 0.3) is 0 Å². The molecule has 30 heavy (non-hydrogen) atoms. The fourth-order valence-electron chi connectivity index (χ4n) is 4.02. The molecule has 1 fully saturated rings. The minimum atomic E-state index is -4.68. The average Bonchev–Trinajstić information content (AvgIpc) is 3.16. The Morgan fingerprint density at radius 3 is 2.37 bits per heavy atom. The number of benzene rings is 1. The molecule has 2 unspecified atom stereocenters. The molecule has 1 aromatic heterocycles. The number of nitrogens with zero attached hydrogens (tertiary/aromatic N) is 2. The molecule has 9 heteroatoms. The first-order valence-corrected chi connectivity index (χ1v) is 8.96. The van der Waals surface area contributed by atoms with Gasteiger partial charge in [-0.25, -0.2) is 4.98 Å². The average molecular weight is 420 g/mol. The van der Waals surface area contributed by atoms with Gasteiger partial charge < -0.3 is 14.2 Å². The Kier molecular flexibility index (Phi) is 5.24. The van der Waals surface area contributed by atoms with Gasteiger partial charge in [0.2, 0.25) is 5.88 Å². The molecule has 0 spiro atoms. The van der Waals surface area contributed by atoms with Crippen molar-refractivity contribution in [3.8, 4) is 17.7 Å². The summed E-state index contributed by atoms with van der Waals surface area (Å²) in [5.74, 6) is -0.336. The second kappa shape index (κ2) is 7.29. The topological polar surface area (TPSA) is 81.4 Å². The number of para-hydroxylation sites is 1. The number of nitriles is 1. The van der Waals surface area contributed by atoms with Crippen LogP contribution in [0.1, 0.15) is 19.5 Å². The zero-order chi connectivity index (χ0) is 22.2.